The Labute approximate surface area is 131 Å². The zero-order chi connectivity index (χ0) is 16.6. The zero-order valence-corrected chi connectivity index (χ0v) is 12.8. The van der Waals surface area contributed by atoms with Crippen molar-refractivity contribution in [1.82, 2.24) is 9.55 Å². The Balaban J connectivity index is 2.16. The van der Waals surface area contributed by atoms with Crippen LogP contribution in [0.4, 0.5) is 10.1 Å². The SMILES string of the molecule is Cn1cccc(NS(=O)(=O)c2ccc(F)c3ncccc23)c1=O. The fourth-order valence-corrected chi connectivity index (χ4v) is 3.48. The molecule has 0 unspecified atom stereocenters. The molecule has 3 rings (SSSR count). The first-order chi connectivity index (χ1) is 10.9. The van der Waals surface area contributed by atoms with Crippen molar-refractivity contribution in [3.8, 4) is 0 Å². The average Bonchev–Trinajstić information content (AvgIpc) is 2.52. The van der Waals surface area contributed by atoms with Crippen LogP contribution in [-0.2, 0) is 17.1 Å². The Morgan fingerprint density at radius 1 is 1.17 bits per heavy atom. The Morgan fingerprint density at radius 2 is 1.96 bits per heavy atom. The number of nitrogens with one attached hydrogen (secondary N) is 1. The van der Waals surface area contributed by atoms with Gasteiger partial charge in [-0.1, -0.05) is 0 Å². The van der Waals surface area contributed by atoms with Gasteiger partial charge >= 0.3 is 0 Å². The topological polar surface area (TPSA) is 81.1 Å². The van der Waals surface area contributed by atoms with Crippen molar-refractivity contribution in [3.05, 3.63) is 65.0 Å². The predicted molar refractivity (Wildman–Crippen MR) is 84.2 cm³/mol. The number of aryl methyl sites for hydroxylation is 1. The minimum absolute atomic E-state index is 0.0451. The van der Waals surface area contributed by atoms with E-state index in [0.29, 0.717) is 0 Å². The van der Waals surface area contributed by atoms with E-state index in [1.165, 1.54) is 42.2 Å². The van der Waals surface area contributed by atoms with Gasteiger partial charge in [0.1, 0.15) is 17.0 Å². The molecule has 0 fully saturated rings. The van der Waals surface area contributed by atoms with Crippen molar-refractivity contribution in [2.45, 2.75) is 4.90 Å². The summed E-state index contributed by atoms with van der Waals surface area (Å²) in [5, 5.41) is 0.146. The van der Waals surface area contributed by atoms with Crippen molar-refractivity contribution < 1.29 is 12.8 Å². The zero-order valence-electron chi connectivity index (χ0n) is 12.0. The molecular weight excluding hydrogens is 321 g/mol. The van der Waals surface area contributed by atoms with Crippen molar-refractivity contribution in [3.63, 3.8) is 0 Å². The molecule has 0 spiro atoms. The summed E-state index contributed by atoms with van der Waals surface area (Å²) < 4.78 is 42.4. The van der Waals surface area contributed by atoms with Gasteiger partial charge in [0, 0.05) is 24.8 Å². The van der Waals surface area contributed by atoms with E-state index in [-0.39, 0.29) is 21.5 Å². The number of benzene rings is 1. The van der Waals surface area contributed by atoms with E-state index in [1.54, 1.807) is 6.07 Å². The van der Waals surface area contributed by atoms with Crippen molar-refractivity contribution in [2.24, 2.45) is 7.05 Å². The number of fused-ring (bicyclic) bond motifs is 1. The second kappa shape index (κ2) is 5.47. The molecule has 118 valence electrons. The van der Waals surface area contributed by atoms with Crippen LogP contribution in [0.2, 0.25) is 0 Å². The monoisotopic (exact) mass is 333 g/mol. The molecule has 0 amide bonds. The fraction of sp³-hybridized carbons (Fsp3) is 0.0667. The van der Waals surface area contributed by atoms with Gasteiger partial charge in [0.15, 0.2) is 0 Å². The van der Waals surface area contributed by atoms with Gasteiger partial charge in [-0.3, -0.25) is 14.5 Å². The highest BCUT2D eigenvalue weighted by Gasteiger charge is 2.20. The van der Waals surface area contributed by atoms with Crippen molar-refractivity contribution >= 4 is 26.6 Å². The van der Waals surface area contributed by atoms with Crippen molar-refractivity contribution in [2.75, 3.05) is 4.72 Å². The van der Waals surface area contributed by atoms with Gasteiger partial charge in [-0.15, -0.1) is 0 Å². The van der Waals surface area contributed by atoms with E-state index in [2.05, 4.69) is 9.71 Å². The molecule has 0 aliphatic heterocycles. The highest BCUT2D eigenvalue weighted by Crippen LogP contribution is 2.25. The standard InChI is InChI=1S/C15H12FN3O3S/c1-19-9-3-5-12(15(19)20)18-23(21,22)13-7-6-11(16)14-10(13)4-2-8-17-14/h2-9,18H,1H3. The van der Waals surface area contributed by atoms with Crippen LogP contribution in [0.1, 0.15) is 0 Å². The predicted octanol–water partition coefficient (Wildman–Crippen LogP) is 1.87. The third-order valence-corrected chi connectivity index (χ3v) is 4.76. The first-order valence-corrected chi connectivity index (χ1v) is 8.10. The average molecular weight is 333 g/mol. The first kappa shape index (κ1) is 15.2. The van der Waals surface area contributed by atoms with E-state index in [4.69, 9.17) is 0 Å². The number of aromatic nitrogens is 2. The summed E-state index contributed by atoms with van der Waals surface area (Å²) in [5.74, 6) is -0.616. The van der Waals surface area contributed by atoms with E-state index < -0.39 is 21.4 Å². The molecule has 0 saturated heterocycles. The highest BCUT2D eigenvalue weighted by molar-refractivity contribution is 7.93. The molecule has 8 heteroatoms. The molecule has 1 aromatic carbocycles. The lowest BCUT2D eigenvalue weighted by Gasteiger charge is -2.10. The minimum Gasteiger partial charge on any atom is -0.317 e. The largest absolute Gasteiger partial charge is 0.317 e. The molecule has 0 saturated carbocycles. The summed E-state index contributed by atoms with van der Waals surface area (Å²) in [7, 11) is -2.55. The summed E-state index contributed by atoms with van der Waals surface area (Å²) in [5.41, 5.74) is -0.617. The van der Waals surface area contributed by atoms with E-state index in [0.717, 1.165) is 12.1 Å². The quantitative estimate of drug-likeness (QED) is 0.793. The summed E-state index contributed by atoms with van der Waals surface area (Å²) in [6.07, 6.45) is 2.89. The number of pyridine rings is 2. The van der Waals surface area contributed by atoms with Gasteiger partial charge in [0.2, 0.25) is 0 Å². The van der Waals surface area contributed by atoms with Gasteiger partial charge in [0.05, 0.1) is 4.90 Å². The van der Waals surface area contributed by atoms with Gasteiger partial charge in [0.25, 0.3) is 15.6 Å². The van der Waals surface area contributed by atoms with E-state index >= 15 is 0 Å². The third-order valence-electron chi connectivity index (χ3n) is 3.34. The molecule has 0 bridgehead atoms. The number of nitrogens with zero attached hydrogens (tertiary/aromatic N) is 2. The van der Waals surface area contributed by atoms with Crippen LogP contribution < -0.4 is 10.3 Å². The van der Waals surface area contributed by atoms with Crippen molar-refractivity contribution in [1.29, 1.82) is 0 Å². The fourth-order valence-electron chi connectivity index (χ4n) is 2.22. The second-order valence-electron chi connectivity index (χ2n) is 4.89. The molecule has 2 heterocycles. The Morgan fingerprint density at radius 3 is 2.74 bits per heavy atom. The number of halogens is 1. The number of hydrogen-bond donors (Lipinski definition) is 1. The van der Waals surface area contributed by atoms with E-state index in [9.17, 15) is 17.6 Å². The van der Waals surface area contributed by atoms with Gasteiger partial charge in [-0.2, -0.15) is 0 Å². The highest BCUT2D eigenvalue weighted by atomic mass is 32.2. The molecule has 6 nitrogen and oxygen atoms in total. The molecule has 3 aromatic rings. The van der Waals surface area contributed by atoms with Gasteiger partial charge in [-0.05, 0) is 36.4 Å². The van der Waals surface area contributed by atoms with Crippen LogP contribution in [0.3, 0.4) is 0 Å². The maximum absolute atomic E-state index is 13.8. The number of rotatable bonds is 3. The lowest BCUT2D eigenvalue weighted by atomic mass is 10.2. The minimum atomic E-state index is -4.07. The van der Waals surface area contributed by atoms with Crippen LogP contribution in [0.15, 0.2) is 58.5 Å². The summed E-state index contributed by atoms with van der Waals surface area (Å²) >= 11 is 0. The lowest BCUT2D eigenvalue weighted by Crippen LogP contribution is -2.24. The molecule has 0 atom stereocenters. The molecule has 1 N–H and O–H groups in total. The third kappa shape index (κ3) is 2.68. The molecule has 0 aliphatic carbocycles. The summed E-state index contributed by atoms with van der Waals surface area (Å²) in [6, 6.07) is 8.07. The number of anilines is 1. The van der Waals surface area contributed by atoms with Gasteiger partial charge in [-0.25, -0.2) is 12.8 Å². The Hall–Kier alpha value is -2.74. The van der Waals surface area contributed by atoms with Crippen LogP contribution in [0.25, 0.3) is 10.9 Å². The number of sulfonamides is 1. The molecular formula is C15H12FN3O3S. The first-order valence-electron chi connectivity index (χ1n) is 6.62. The lowest BCUT2D eigenvalue weighted by molar-refractivity contribution is 0.601. The molecule has 2 aromatic heterocycles. The smallest absolute Gasteiger partial charge is 0.274 e. The van der Waals surface area contributed by atoms with Crippen LogP contribution in [0.5, 0.6) is 0 Å². The van der Waals surface area contributed by atoms with Crippen LogP contribution >= 0.6 is 0 Å². The normalized spacial score (nSPS) is 11.6. The summed E-state index contributed by atoms with van der Waals surface area (Å²) in [4.78, 5) is 15.7. The summed E-state index contributed by atoms with van der Waals surface area (Å²) in [6.45, 7) is 0. The van der Waals surface area contributed by atoms with Gasteiger partial charge < -0.3 is 4.57 Å². The second-order valence-corrected chi connectivity index (χ2v) is 6.54. The van der Waals surface area contributed by atoms with Crippen LogP contribution in [0, 0.1) is 5.82 Å². The Kier molecular flexibility index (Phi) is 3.61. The molecule has 0 aliphatic rings. The maximum Gasteiger partial charge on any atom is 0.274 e. The molecule has 0 radical (unpaired) electrons. The maximum atomic E-state index is 13.8. The number of hydrogen-bond acceptors (Lipinski definition) is 4. The Bertz CT molecular complexity index is 1060. The van der Waals surface area contributed by atoms with Crippen LogP contribution in [-0.4, -0.2) is 18.0 Å². The molecule has 23 heavy (non-hydrogen) atoms. The van der Waals surface area contributed by atoms with E-state index in [1.807, 2.05) is 0 Å².